The lowest BCUT2D eigenvalue weighted by Crippen LogP contribution is -2.21. The monoisotopic (exact) mass is 445 g/mol. The van der Waals surface area contributed by atoms with Crippen molar-refractivity contribution in [1.82, 2.24) is 9.97 Å². The van der Waals surface area contributed by atoms with Crippen LogP contribution in [-0.2, 0) is 11.3 Å². The van der Waals surface area contributed by atoms with E-state index in [1.54, 1.807) is 18.4 Å². The van der Waals surface area contributed by atoms with Crippen LogP contribution in [0.3, 0.4) is 0 Å². The predicted molar refractivity (Wildman–Crippen MR) is 120 cm³/mol. The number of hydrogen-bond acceptors (Lipinski definition) is 6. The highest BCUT2D eigenvalue weighted by molar-refractivity contribution is 7.17. The molecule has 8 heteroatoms. The van der Waals surface area contributed by atoms with E-state index in [0.717, 1.165) is 45.8 Å². The molecule has 1 aromatic carbocycles. The van der Waals surface area contributed by atoms with Crippen molar-refractivity contribution in [3.8, 4) is 5.75 Å². The average Bonchev–Trinajstić information content (AvgIpc) is 3.13. The van der Waals surface area contributed by atoms with Gasteiger partial charge in [-0.3, -0.25) is 4.79 Å². The number of anilines is 1. The number of ether oxygens (including phenoxy) is 1. The zero-order valence-corrected chi connectivity index (χ0v) is 18.5. The minimum Gasteiger partial charge on any atom is -0.495 e. The number of carbonyl (C=O) groups is 1. The van der Waals surface area contributed by atoms with Crippen LogP contribution < -0.4 is 10.1 Å². The molecule has 0 aliphatic heterocycles. The van der Waals surface area contributed by atoms with Gasteiger partial charge in [-0.2, -0.15) is 0 Å². The van der Waals surface area contributed by atoms with Crippen molar-refractivity contribution in [2.45, 2.75) is 45.1 Å². The largest absolute Gasteiger partial charge is 0.495 e. The van der Waals surface area contributed by atoms with Crippen molar-refractivity contribution in [3.63, 3.8) is 0 Å². The fraction of sp³-hybridized carbons (Fsp3) is 0.409. The van der Waals surface area contributed by atoms with Gasteiger partial charge in [0.15, 0.2) is 0 Å². The summed E-state index contributed by atoms with van der Waals surface area (Å²) in [6.45, 7) is 2.64. The summed E-state index contributed by atoms with van der Waals surface area (Å²) < 4.78 is 5.22. The maximum Gasteiger partial charge on any atom is 0.306 e. The molecule has 0 radical (unpaired) electrons. The Morgan fingerprint density at radius 3 is 2.73 bits per heavy atom. The maximum atomic E-state index is 11.3. The predicted octanol–water partition coefficient (Wildman–Crippen LogP) is 5.63. The van der Waals surface area contributed by atoms with Crippen molar-refractivity contribution >= 4 is 44.9 Å². The molecule has 30 heavy (non-hydrogen) atoms. The lowest BCUT2D eigenvalue weighted by molar-refractivity contribution is -0.142. The molecule has 1 aliphatic rings. The van der Waals surface area contributed by atoms with Crippen molar-refractivity contribution in [3.05, 3.63) is 45.6 Å². The number of carboxylic acid groups (broad SMARTS) is 1. The first-order valence-electron chi connectivity index (χ1n) is 10.0. The van der Waals surface area contributed by atoms with Crippen LogP contribution in [0, 0.1) is 12.8 Å². The number of fused-ring (bicyclic) bond motifs is 1. The molecular formula is C22H24ClN3O3S. The summed E-state index contributed by atoms with van der Waals surface area (Å²) in [5.41, 5.74) is 2.18. The van der Waals surface area contributed by atoms with Gasteiger partial charge in [0.2, 0.25) is 0 Å². The molecule has 2 N–H and O–H groups in total. The zero-order chi connectivity index (χ0) is 21.3. The highest BCUT2D eigenvalue weighted by Gasteiger charge is 2.29. The highest BCUT2D eigenvalue weighted by atomic mass is 35.5. The van der Waals surface area contributed by atoms with Gasteiger partial charge in [-0.05, 0) is 61.2 Å². The third kappa shape index (κ3) is 4.23. The van der Waals surface area contributed by atoms with E-state index in [1.165, 1.54) is 0 Å². The maximum absolute atomic E-state index is 11.3. The van der Waals surface area contributed by atoms with Crippen molar-refractivity contribution in [1.29, 1.82) is 0 Å². The Kier molecular flexibility index (Phi) is 6.11. The summed E-state index contributed by atoms with van der Waals surface area (Å²) >= 11 is 7.87. The van der Waals surface area contributed by atoms with Crippen LogP contribution in [-0.4, -0.2) is 28.2 Å². The number of nitrogens with one attached hydrogen (secondary N) is 1. The van der Waals surface area contributed by atoms with E-state index >= 15 is 0 Å². The van der Waals surface area contributed by atoms with Crippen molar-refractivity contribution < 1.29 is 14.6 Å². The first kappa shape index (κ1) is 20.9. The summed E-state index contributed by atoms with van der Waals surface area (Å²) in [4.78, 5) is 21.9. The summed E-state index contributed by atoms with van der Waals surface area (Å²) in [6, 6.07) is 5.72. The van der Waals surface area contributed by atoms with Gasteiger partial charge in [-0.15, -0.1) is 11.3 Å². The number of rotatable bonds is 6. The normalized spacial score (nSPS) is 19.0. The van der Waals surface area contributed by atoms with Gasteiger partial charge >= 0.3 is 5.97 Å². The Morgan fingerprint density at radius 1 is 1.30 bits per heavy atom. The molecule has 3 aromatic rings. The SMILES string of the molecule is COc1ccc(CNc2nc(C3CCC(C(=O)O)CC3)nc3scc(C)c23)cc1Cl. The van der Waals surface area contributed by atoms with E-state index in [0.29, 0.717) is 30.2 Å². The quantitative estimate of drug-likeness (QED) is 0.511. The molecule has 6 nitrogen and oxygen atoms in total. The molecule has 1 aliphatic carbocycles. The molecule has 158 valence electrons. The Hall–Kier alpha value is -2.38. The van der Waals surface area contributed by atoms with Gasteiger partial charge in [0, 0.05) is 12.5 Å². The van der Waals surface area contributed by atoms with Gasteiger partial charge in [-0.25, -0.2) is 9.97 Å². The topological polar surface area (TPSA) is 84.3 Å². The number of nitrogens with zero attached hydrogens (tertiary/aromatic N) is 2. The van der Waals surface area contributed by atoms with E-state index in [-0.39, 0.29) is 11.8 Å². The van der Waals surface area contributed by atoms with Crippen LogP contribution in [0.1, 0.15) is 48.6 Å². The van der Waals surface area contributed by atoms with Crippen LogP contribution in [0.25, 0.3) is 10.2 Å². The average molecular weight is 446 g/mol. The highest BCUT2D eigenvalue weighted by Crippen LogP contribution is 2.37. The summed E-state index contributed by atoms with van der Waals surface area (Å²) in [5, 5.41) is 16.4. The Labute approximate surface area is 184 Å². The van der Waals surface area contributed by atoms with Gasteiger partial charge in [0.25, 0.3) is 0 Å². The number of aromatic nitrogens is 2. The molecular weight excluding hydrogens is 422 g/mol. The number of thiophene rings is 1. The molecule has 4 rings (SSSR count). The van der Waals surface area contributed by atoms with Crippen LogP contribution in [0.5, 0.6) is 5.75 Å². The number of hydrogen-bond donors (Lipinski definition) is 2. The van der Waals surface area contributed by atoms with Gasteiger partial charge in [0.1, 0.15) is 22.2 Å². The molecule has 0 amide bonds. The fourth-order valence-electron chi connectivity index (χ4n) is 4.02. The van der Waals surface area contributed by atoms with Crippen LogP contribution in [0.4, 0.5) is 5.82 Å². The van der Waals surface area contributed by atoms with Gasteiger partial charge in [-0.1, -0.05) is 17.7 Å². The minimum absolute atomic E-state index is 0.198. The lowest BCUT2D eigenvalue weighted by atomic mass is 9.81. The van der Waals surface area contributed by atoms with Gasteiger partial charge < -0.3 is 15.2 Å². The lowest BCUT2D eigenvalue weighted by Gasteiger charge is -2.25. The van der Waals surface area contributed by atoms with E-state index < -0.39 is 5.97 Å². The first-order valence-corrected chi connectivity index (χ1v) is 11.3. The number of aryl methyl sites for hydroxylation is 1. The molecule has 0 spiro atoms. The molecule has 0 saturated heterocycles. The summed E-state index contributed by atoms with van der Waals surface area (Å²) in [5.74, 6) is 1.54. The first-order chi connectivity index (χ1) is 14.5. The minimum atomic E-state index is -0.695. The standard InChI is InChI=1S/C22H24ClN3O3S/c1-12-11-30-21-18(12)20(24-10-13-3-8-17(29-2)16(23)9-13)25-19(26-21)14-4-6-15(7-5-14)22(27)28/h3,8-9,11,14-15H,4-7,10H2,1-2H3,(H,27,28)(H,24,25,26). The van der Waals surface area contributed by atoms with Crippen molar-refractivity contribution in [2.75, 3.05) is 12.4 Å². The van der Waals surface area contributed by atoms with Crippen LogP contribution >= 0.6 is 22.9 Å². The number of benzene rings is 1. The zero-order valence-electron chi connectivity index (χ0n) is 16.9. The molecule has 0 unspecified atom stereocenters. The van der Waals surface area contributed by atoms with Gasteiger partial charge in [0.05, 0.1) is 23.4 Å². The van der Waals surface area contributed by atoms with Crippen LogP contribution in [0.2, 0.25) is 5.02 Å². The second-order valence-corrected chi connectivity index (χ2v) is 9.00. The Morgan fingerprint density at radius 2 is 2.07 bits per heavy atom. The van der Waals surface area contributed by atoms with E-state index in [2.05, 4.69) is 17.6 Å². The second-order valence-electron chi connectivity index (χ2n) is 7.74. The third-order valence-electron chi connectivity index (χ3n) is 5.75. The summed E-state index contributed by atoms with van der Waals surface area (Å²) in [7, 11) is 1.60. The second kappa shape index (κ2) is 8.78. The molecule has 0 atom stereocenters. The Balaban J connectivity index is 1.58. The fourth-order valence-corrected chi connectivity index (χ4v) is 5.22. The van der Waals surface area contributed by atoms with Crippen molar-refractivity contribution in [2.24, 2.45) is 5.92 Å². The van der Waals surface area contributed by atoms with E-state index in [4.69, 9.17) is 26.3 Å². The van der Waals surface area contributed by atoms with E-state index in [9.17, 15) is 9.90 Å². The number of halogens is 1. The van der Waals surface area contributed by atoms with E-state index in [1.807, 2.05) is 18.2 Å². The molecule has 2 heterocycles. The summed E-state index contributed by atoms with van der Waals surface area (Å²) in [6.07, 6.45) is 2.97. The number of aliphatic carboxylic acids is 1. The molecule has 2 aromatic heterocycles. The third-order valence-corrected chi connectivity index (χ3v) is 7.04. The Bertz CT molecular complexity index is 1080. The smallest absolute Gasteiger partial charge is 0.306 e. The number of methoxy groups -OCH3 is 1. The molecule has 0 bridgehead atoms. The molecule has 1 saturated carbocycles. The van der Waals surface area contributed by atoms with Crippen LogP contribution in [0.15, 0.2) is 23.6 Å². The number of carboxylic acids is 1. The molecule has 1 fully saturated rings.